The minimum atomic E-state index is -0.395. The molecule has 1 amide bonds. The summed E-state index contributed by atoms with van der Waals surface area (Å²) in [5, 5.41) is 2.87. The lowest BCUT2D eigenvalue weighted by Gasteiger charge is -2.19. The van der Waals surface area contributed by atoms with Crippen LogP contribution in [0.2, 0.25) is 0 Å². The Kier molecular flexibility index (Phi) is 4.93. The zero-order valence-corrected chi connectivity index (χ0v) is 13.4. The number of nitrogens with zero attached hydrogens (tertiary/aromatic N) is 1. The quantitative estimate of drug-likeness (QED) is 0.928. The molecule has 1 saturated heterocycles. The Hall–Kier alpha value is -2.33. The molecule has 23 heavy (non-hydrogen) atoms. The van der Waals surface area contributed by atoms with E-state index in [-0.39, 0.29) is 0 Å². The molecule has 0 aliphatic carbocycles. The topological polar surface area (TPSA) is 41.6 Å². The highest BCUT2D eigenvalue weighted by atomic mass is 16.5. The van der Waals surface area contributed by atoms with Gasteiger partial charge in [0.15, 0.2) is 0 Å². The first-order chi connectivity index (χ1) is 11.2. The number of ether oxygens (including phenoxy) is 1. The minimum absolute atomic E-state index is 0.338. The molecular weight excluding hydrogens is 288 g/mol. The maximum Gasteiger partial charge on any atom is 0.411 e. The van der Waals surface area contributed by atoms with Crippen molar-refractivity contribution in [2.24, 2.45) is 0 Å². The first-order valence-corrected chi connectivity index (χ1v) is 8.02. The summed E-state index contributed by atoms with van der Waals surface area (Å²) in [7, 11) is 2.07. The van der Waals surface area contributed by atoms with Crippen LogP contribution in [0.25, 0.3) is 11.1 Å². The summed E-state index contributed by atoms with van der Waals surface area (Å²) >= 11 is 0. The van der Waals surface area contributed by atoms with Crippen molar-refractivity contribution in [2.75, 3.05) is 25.5 Å². The van der Waals surface area contributed by atoms with Gasteiger partial charge in [-0.25, -0.2) is 4.79 Å². The molecule has 0 bridgehead atoms. The Morgan fingerprint density at radius 3 is 2.65 bits per heavy atom. The Labute approximate surface area is 137 Å². The SMILES string of the molecule is CN1CCCC1COC(=O)Nc1ccccc1-c1ccccc1. The molecule has 1 unspecified atom stereocenters. The van der Waals surface area contributed by atoms with Gasteiger partial charge >= 0.3 is 6.09 Å². The van der Waals surface area contributed by atoms with E-state index in [4.69, 9.17) is 4.74 Å². The van der Waals surface area contributed by atoms with E-state index in [0.29, 0.717) is 12.6 Å². The van der Waals surface area contributed by atoms with Crippen LogP contribution in [0.5, 0.6) is 0 Å². The van der Waals surface area contributed by atoms with Crippen molar-refractivity contribution in [3.05, 3.63) is 54.6 Å². The van der Waals surface area contributed by atoms with Crippen molar-refractivity contribution in [3.63, 3.8) is 0 Å². The summed E-state index contributed by atoms with van der Waals surface area (Å²) in [6, 6.07) is 18.1. The predicted octanol–water partition coefficient (Wildman–Crippen LogP) is 4.00. The number of hydrogen-bond donors (Lipinski definition) is 1. The molecule has 1 heterocycles. The number of hydrogen-bond acceptors (Lipinski definition) is 3. The third-order valence-corrected chi connectivity index (χ3v) is 4.33. The number of likely N-dealkylation sites (tertiary alicyclic amines) is 1. The monoisotopic (exact) mass is 310 g/mol. The van der Waals surface area contributed by atoms with Crippen molar-refractivity contribution in [1.82, 2.24) is 4.90 Å². The second kappa shape index (κ2) is 7.29. The second-order valence-corrected chi connectivity index (χ2v) is 5.91. The van der Waals surface area contributed by atoms with E-state index in [1.54, 1.807) is 0 Å². The number of benzene rings is 2. The number of nitrogens with one attached hydrogen (secondary N) is 1. The molecule has 0 saturated carbocycles. The Morgan fingerprint density at radius 1 is 1.17 bits per heavy atom. The predicted molar refractivity (Wildman–Crippen MR) is 92.5 cm³/mol. The van der Waals surface area contributed by atoms with Crippen LogP contribution in [-0.2, 0) is 4.74 Å². The van der Waals surface area contributed by atoms with Gasteiger partial charge in [0.2, 0.25) is 0 Å². The van der Waals surface area contributed by atoms with Crippen LogP contribution >= 0.6 is 0 Å². The van der Waals surface area contributed by atoms with E-state index >= 15 is 0 Å². The van der Waals surface area contributed by atoms with Gasteiger partial charge in [-0.2, -0.15) is 0 Å². The van der Waals surface area contributed by atoms with Gasteiger partial charge in [0, 0.05) is 11.6 Å². The van der Waals surface area contributed by atoms with Crippen LogP contribution in [0.15, 0.2) is 54.6 Å². The first-order valence-electron chi connectivity index (χ1n) is 8.02. The zero-order valence-electron chi connectivity index (χ0n) is 13.4. The molecule has 0 spiro atoms. The lowest BCUT2D eigenvalue weighted by Crippen LogP contribution is -2.31. The smallest absolute Gasteiger partial charge is 0.411 e. The summed E-state index contributed by atoms with van der Waals surface area (Å²) in [6.07, 6.45) is 1.86. The van der Waals surface area contributed by atoms with Crippen LogP contribution in [0.1, 0.15) is 12.8 Å². The van der Waals surface area contributed by atoms with Crippen LogP contribution in [-0.4, -0.2) is 37.2 Å². The molecular formula is C19H22N2O2. The van der Waals surface area contributed by atoms with Gasteiger partial charge in [-0.3, -0.25) is 5.32 Å². The summed E-state index contributed by atoms with van der Waals surface area (Å²) < 4.78 is 5.40. The highest BCUT2D eigenvalue weighted by Crippen LogP contribution is 2.27. The number of carbonyl (C=O) groups is 1. The molecule has 1 aliphatic heterocycles. The van der Waals surface area contributed by atoms with Crippen LogP contribution in [0.3, 0.4) is 0 Å². The fourth-order valence-electron chi connectivity index (χ4n) is 2.97. The van der Waals surface area contributed by atoms with Crippen molar-refractivity contribution in [2.45, 2.75) is 18.9 Å². The first kappa shape index (κ1) is 15.6. The molecule has 1 fully saturated rings. The molecule has 1 N–H and O–H groups in total. The molecule has 1 atom stereocenters. The maximum absolute atomic E-state index is 12.1. The maximum atomic E-state index is 12.1. The summed E-state index contributed by atoms with van der Waals surface area (Å²) in [4.78, 5) is 14.3. The number of rotatable bonds is 4. The number of anilines is 1. The largest absolute Gasteiger partial charge is 0.448 e. The van der Waals surface area contributed by atoms with E-state index in [2.05, 4.69) is 17.3 Å². The molecule has 2 aromatic carbocycles. The van der Waals surface area contributed by atoms with Crippen LogP contribution in [0, 0.1) is 0 Å². The molecule has 4 nitrogen and oxygen atoms in total. The second-order valence-electron chi connectivity index (χ2n) is 5.91. The van der Waals surface area contributed by atoms with Gasteiger partial charge in [0.05, 0.1) is 5.69 Å². The van der Waals surface area contributed by atoms with Gasteiger partial charge < -0.3 is 9.64 Å². The van der Waals surface area contributed by atoms with Crippen molar-refractivity contribution in [3.8, 4) is 11.1 Å². The lowest BCUT2D eigenvalue weighted by atomic mass is 10.0. The summed E-state index contributed by atoms with van der Waals surface area (Å²) in [6.45, 7) is 1.52. The molecule has 120 valence electrons. The van der Waals surface area contributed by atoms with E-state index in [0.717, 1.165) is 29.8 Å². The molecule has 0 radical (unpaired) electrons. The third-order valence-electron chi connectivity index (χ3n) is 4.33. The average molecular weight is 310 g/mol. The van der Waals surface area contributed by atoms with Gasteiger partial charge in [0.1, 0.15) is 6.61 Å². The summed E-state index contributed by atoms with van der Waals surface area (Å²) in [5.41, 5.74) is 2.82. The fourth-order valence-corrected chi connectivity index (χ4v) is 2.97. The molecule has 0 aromatic heterocycles. The average Bonchev–Trinajstić information content (AvgIpc) is 2.99. The molecule has 4 heteroatoms. The van der Waals surface area contributed by atoms with E-state index in [1.807, 2.05) is 54.6 Å². The Bertz CT molecular complexity index is 657. The standard InChI is InChI=1S/C19H22N2O2/c1-21-13-7-10-16(21)14-23-19(22)20-18-12-6-5-11-17(18)15-8-3-2-4-9-15/h2-6,8-9,11-12,16H,7,10,13-14H2,1H3,(H,20,22). The van der Waals surface area contributed by atoms with Crippen molar-refractivity contribution < 1.29 is 9.53 Å². The number of amides is 1. The lowest BCUT2D eigenvalue weighted by molar-refractivity contribution is 0.127. The van der Waals surface area contributed by atoms with Gasteiger partial charge in [0.25, 0.3) is 0 Å². The Morgan fingerprint density at radius 2 is 1.91 bits per heavy atom. The highest BCUT2D eigenvalue weighted by Gasteiger charge is 2.22. The fraction of sp³-hybridized carbons (Fsp3) is 0.316. The van der Waals surface area contributed by atoms with Gasteiger partial charge in [-0.1, -0.05) is 48.5 Å². The summed E-state index contributed by atoms with van der Waals surface area (Å²) in [5.74, 6) is 0. The van der Waals surface area contributed by atoms with Gasteiger partial charge in [-0.05, 0) is 38.1 Å². The zero-order chi connectivity index (χ0) is 16.1. The van der Waals surface area contributed by atoms with E-state index in [1.165, 1.54) is 6.42 Å². The minimum Gasteiger partial charge on any atom is -0.448 e. The van der Waals surface area contributed by atoms with E-state index in [9.17, 15) is 4.79 Å². The highest BCUT2D eigenvalue weighted by molar-refractivity contribution is 5.91. The number of carbonyl (C=O) groups excluding carboxylic acids is 1. The normalized spacial score (nSPS) is 17.9. The van der Waals surface area contributed by atoms with E-state index < -0.39 is 6.09 Å². The molecule has 3 rings (SSSR count). The number of likely N-dealkylation sites (N-methyl/N-ethyl adjacent to an activating group) is 1. The Balaban J connectivity index is 1.65. The van der Waals surface area contributed by atoms with Crippen LogP contribution in [0.4, 0.5) is 10.5 Å². The van der Waals surface area contributed by atoms with Crippen molar-refractivity contribution >= 4 is 11.8 Å². The number of para-hydroxylation sites is 1. The van der Waals surface area contributed by atoms with Crippen LogP contribution < -0.4 is 5.32 Å². The third kappa shape index (κ3) is 3.90. The van der Waals surface area contributed by atoms with Gasteiger partial charge in [-0.15, -0.1) is 0 Å². The molecule has 1 aliphatic rings. The molecule has 2 aromatic rings. The van der Waals surface area contributed by atoms with Crippen molar-refractivity contribution in [1.29, 1.82) is 0 Å².